The van der Waals surface area contributed by atoms with Crippen molar-refractivity contribution in [1.82, 2.24) is 13.6 Å². The number of nitrogens with zero attached hydrogens (tertiary/aromatic N) is 4. The molecule has 13 nitrogen and oxygen atoms in total. The Bertz CT molecular complexity index is 912. The average Bonchev–Trinajstić information content (AvgIpc) is 3.26. The highest BCUT2D eigenvalue weighted by molar-refractivity contribution is 6.99. The molecule has 1 amide bonds. The molecule has 0 radical (unpaired) electrons. The van der Waals surface area contributed by atoms with Crippen molar-refractivity contribution in [3.8, 4) is 5.88 Å². The Hall–Kier alpha value is -3.00. The highest BCUT2D eigenvalue weighted by Crippen LogP contribution is 2.27. The Morgan fingerprint density at radius 3 is 2.31 bits per heavy atom. The van der Waals surface area contributed by atoms with E-state index < -0.39 is 48.2 Å². The molecule has 1 aromatic heterocycles. The van der Waals surface area contributed by atoms with E-state index in [1.54, 1.807) is 20.8 Å². The van der Waals surface area contributed by atoms with Crippen LogP contribution in [0.1, 0.15) is 41.5 Å². The molecule has 0 bridgehead atoms. The van der Waals surface area contributed by atoms with Gasteiger partial charge in [0.2, 0.25) is 5.82 Å². The largest absolute Gasteiger partial charge is 0.470 e. The van der Waals surface area contributed by atoms with Crippen LogP contribution in [-0.4, -0.2) is 101 Å². The number of esters is 3. The van der Waals surface area contributed by atoms with Crippen LogP contribution in [0.15, 0.2) is 0 Å². The van der Waals surface area contributed by atoms with Crippen molar-refractivity contribution in [2.24, 2.45) is 0 Å². The lowest BCUT2D eigenvalue weighted by molar-refractivity contribution is -0.169. The summed E-state index contributed by atoms with van der Waals surface area (Å²) in [6.07, 6.45) is -1.98. The van der Waals surface area contributed by atoms with Gasteiger partial charge in [-0.05, 0) is 27.7 Å². The standard InChI is InChI=1S/C22H34N4O9S/c1-14(34-15(2)27)21(30)33-13-18(29)26(22(4,5)6)11-17(35-16(3)28)12-32-20-19(23-36-24-20)25-7-9-31-10-8-25/h14,17H,7-13H2,1-6H3/t14?,17-/m0/s1. The molecular formula is C22H34N4O9S. The van der Waals surface area contributed by atoms with Crippen molar-refractivity contribution >= 4 is 41.4 Å². The molecule has 0 N–H and O–H groups in total. The number of hydrogen-bond acceptors (Lipinski definition) is 13. The van der Waals surface area contributed by atoms with Crippen LogP contribution in [0.3, 0.4) is 0 Å². The summed E-state index contributed by atoms with van der Waals surface area (Å²) in [7, 11) is 0. The summed E-state index contributed by atoms with van der Waals surface area (Å²) in [5.74, 6) is -1.66. The first-order valence-electron chi connectivity index (χ1n) is 11.5. The van der Waals surface area contributed by atoms with Gasteiger partial charge in [0.15, 0.2) is 18.8 Å². The summed E-state index contributed by atoms with van der Waals surface area (Å²) in [4.78, 5) is 51.2. The van der Waals surface area contributed by atoms with Gasteiger partial charge in [-0.3, -0.25) is 14.4 Å². The predicted octanol–water partition coefficient (Wildman–Crippen LogP) is 0.807. The smallest absolute Gasteiger partial charge is 0.347 e. The number of carbonyl (C=O) groups is 4. The molecule has 202 valence electrons. The molecule has 1 aromatic rings. The summed E-state index contributed by atoms with van der Waals surface area (Å²) in [6, 6.07) is 0. The monoisotopic (exact) mass is 530 g/mol. The lowest BCUT2D eigenvalue weighted by Gasteiger charge is -2.37. The second kappa shape index (κ2) is 13.3. The molecule has 1 unspecified atom stereocenters. The maximum atomic E-state index is 13.0. The van der Waals surface area contributed by atoms with Crippen LogP contribution in [0.4, 0.5) is 5.82 Å². The van der Waals surface area contributed by atoms with Gasteiger partial charge in [0.05, 0.1) is 31.5 Å². The summed E-state index contributed by atoms with van der Waals surface area (Å²) >= 11 is 1.00. The minimum Gasteiger partial charge on any atom is -0.470 e. The highest BCUT2D eigenvalue weighted by Gasteiger charge is 2.32. The highest BCUT2D eigenvalue weighted by atomic mass is 32.1. The van der Waals surface area contributed by atoms with Crippen LogP contribution in [0, 0.1) is 0 Å². The van der Waals surface area contributed by atoms with Crippen LogP contribution >= 0.6 is 11.7 Å². The van der Waals surface area contributed by atoms with Gasteiger partial charge >= 0.3 is 17.9 Å². The molecule has 1 aliphatic heterocycles. The third kappa shape index (κ3) is 9.22. The van der Waals surface area contributed by atoms with E-state index in [4.69, 9.17) is 23.7 Å². The summed E-state index contributed by atoms with van der Waals surface area (Å²) in [5.41, 5.74) is -0.704. The molecule has 14 heteroatoms. The third-order valence-electron chi connectivity index (χ3n) is 5.00. The number of rotatable bonds is 11. The molecule has 36 heavy (non-hydrogen) atoms. The summed E-state index contributed by atoms with van der Waals surface area (Å²) in [5, 5.41) is 0. The van der Waals surface area contributed by atoms with Crippen LogP contribution in [-0.2, 0) is 38.1 Å². The fourth-order valence-corrected chi connectivity index (χ4v) is 3.86. The Morgan fingerprint density at radius 1 is 1.08 bits per heavy atom. The summed E-state index contributed by atoms with van der Waals surface area (Å²) < 4.78 is 34.9. The maximum Gasteiger partial charge on any atom is 0.347 e. The number of aromatic nitrogens is 2. The first kappa shape index (κ1) is 29.2. The van der Waals surface area contributed by atoms with E-state index in [1.165, 1.54) is 25.7 Å². The quantitative estimate of drug-likeness (QED) is 0.294. The number of anilines is 1. The fourth-order valence-electron chi connectivity index (χ4n) is 3.34. The van der Waals surface area contributed by atoms with Crippen LogP contribution < -0.4 is 9.64 Å². The first-order valence-corrected chi connectivity index (χ1v) is 12.2. The van der Waals surface area contributed by atoms with E-state index in [1.807, 2.05) is 4.90 Å². The van der Waals surface area contributed by atoms with Gasteiger partial charge in [-0.2, -0.15) is 4.37 Å². The number of morpholine rings is 1. The van der Waals surface area contributed by atoms with Gasteiger partial charge in [0.1, 0.15) is 6.61 Å². The van der Waals surface area contributed by atoms with E-state index in [0.29, 0.717) is 38.0 Å². The minimum atomic E-state index is -1.15. The van der Waals surface area contributed by atoms with E-state index >= 15 is 0 Å². The van der Waals surface area contributed by atoms with Gasteiger partial charge in [-0.15, -0.1) is 4.37 Å². The minimum absolute atomic E-state index is 0.0244. The normalized spacial score (nSPS) is 15.4. The molecule has 1 fully saturated rings. The lowest BCUT2D eigenvalue weighted by atomic mass is 10.1. The molecule has 1 saturated heterocycles. The maximum absolute atomic E-state index is 13.0. The lowest BCUT2D eigenvalue weighted by Crippen LogP contribution is -2.52. The van der Waals surface area contributed by atoms with Crippen molar-refractivity contribution in [3.05, 3.63) is 0 Å². The zero-order chi connectivity index (χ0) is 26.9. The second-order valence-electron chi connectivity index (χ2n) is 9.07. The van der Waals surface area contributed by atoms with Gasteiger partial charge in [-0.25, -0.2) is 4.79 Å². The third-order valence-corrected chi connectivity index (χ3v) is 5.50. The van der Waals surface area contributed by atoms with Gasteiger partial charge in [0.25, 0.3) is 11.8 Å². The average molecular weight is 531 g/mol. The van der Waals surface area contributed by atoms with Crippen molar-refractivity contribution in [3.63, 3.8) is 0 Å². The van der Waals surface area contributed by atoms with Crippen molar-refractivity contribution in [2.75, 3.05) is 51.0 Å². The van der Waals surface area contributed by atoms with Crippen molar-refractivity contribution in [2.45, 2.75) is 59.3 Å². The molecular weight excluding hydrogens is 496 g/mol. The SMILES string of the molecule is CC(=O)OC(C)C(=O)OCC(=O)N(C[C@@H](COc1nsnc1N1CCOCC1)OC(C)=O)C(C)(C)C. The van der Waals surface area contributed by atoms with Crippen molar-refractivity contribution in [1.29, 1.82) is 0 Å². The molecule has 1 aliphatic rings. The topological polar surface area (TPSA) is 147 Å². The van der Waals surface area contributed by atoms with Crippen molar-refractivity contribution < 1.29 is 42.9 Å². The molecule has 0 aliphatic carbocycles. The number of amides is 1. The van der Waals surface area contributed by atoms with E-state index in [0.717, 1.165) is 11.7 Å². The van der Waals surface area contributed by atoms with Crippen LogP contribution in [0.25, 0.3) is 0 Å². The fraction of sp³-hybridized carbons (Fsp3) is 0.727. The van der Waals surface area contributed by atoms with Crippen LogP contribution in [0.5, 0.6) is 5.88 Å². The Balaban J connectivity index is 2.06. The Labute approximate surface area is 214 Å². The number of hydrogen-bond donors (Lipinski definition) is 0. The second-order valence-corrected chi connectivity index (χ2v) is 9.60. The molecule has 0 spiro atoms. The zero-order valence-electron chi connectivity index (χ0n) is 21.5. The molecule has 0 aromatic carbocycles. The Kier molecular flexibility index (Phi) is 10.8. The van der Waals surface area contributed by atoms with Gasteiger partial charge in [-0.1, -0.05) is 0 Å². The number of carbonyl (C=O) groups excluding carboxylic acids is 4. The summed E-state index contributed by atoms with van der Waals surface area (Å²) in [6.45, 7) is 10.9. The van der Waals surface area contributed by atoms with Gasteiger partial charge in [0, 0.05) is 32.5 Å². The molecule has 0 saturated carbocycles. The van der Waals surface area contributed by atoms with Crippen LogP contribution in [0.2, 0.25) is 0 Å². The molecule has 2 rings (SSSR count). The Morgan fingerprint density at radius 2 is 1.72 bits per heavy atom. The number of ether oxygens (including phenoxy) is 5. The van der Waals surface area contributed by atoms with E-state index in [2.05, 4.69) is 8.75 Å². The van der Waals surface area contributed by atoms with Gasteiger partial charge < -0.3 is 33.5 Å². The van der Waals surface area contributed by atoms with E-state index in [-0.39, 0.29) is 13.2 Å². The van der Waals surface area contributed by atoms with E-state index in [9.17, 15) is 19.2 Å². The molecule has 2 heterocycles. The molecule has 2 atom stereocenters. The first-order chi connectivity index (χ1) is 16.9. The zero-order valence-corrected chi connectivity index (χ0v) is 22.3. The predicted molar refractivity (Wildman–Crippen MR) is 128 cm³/mol.